The first-order valence-electron chi connectivity index (χ1n) is 7.78. The van der Waals surface area contributed by atoms with Gasteiger partial charge in [0.1, 0.15) is 5.82 Å². The minimum atomic E-state index is -0.453. The topological polar surface area (TPSA) is 83.6 Å². The van der Waals surface area contributed by atoms with Crippen LogP contribution >= 0.6 is 11.6 Å². The van der Waals surface area contributed by atoms with E-state index in [-0.39, 0.29) is 5.91 Å². The Morgan fingerprint density at radius 3 is 2.52 bits per heavy atom. The molecule has 130 valence electrons. The first-order chi connectivity index (χ1) is 12.1. The molecule has 3 rings (SSSR count). The Kier molecular flexibility index (Phi) is 5.47. The van der Waals surface area contributed by atoms with Crippen LogP contribution in [0.15, 0.2) is 42.6 Å². The number of ether oxygens (including phenoxy) is 1. The van der Waals surface area contributed by atoms with Gasteiger partial charge < -0.3 is 15.0 Å². The molecule has 2 N–H and O–H groups in total. The molecular formula is C17H17ClN4O3. The molecule has 0 bridgehead atoms. The predicted octanol–water partition coefficient (Wildman–Crippen LogP) is 2.85. The maximum Gasteiger partial charge on any atom is 0.324 e. The Bertz CT molecular complexity index is 761. The molecule has 0 radical (unpaired) electrons. The van der Waals surface area contributed by atoms with Crippen molar-refractivity contribution in [3.63, 3.8) is 0 Å². The maximum atomic E-state index is 12.5. The molecule has 0 saturated carbocycles. The molecule has 2 heterocycles. The molecule has 0 unspecified atom stereocenters. The van der Waals surface area contributed by atoms with E-state index in [2.05, 4.69) is 15.6 Å². The van der Waals surface area contributed by atoms with E-state index in [4.69, 9.17) is 16.3 Å². The zero-order chi connectivity index (χ0) is 17.6. The molecule has 25 heavy (non-hydrogen) atoms. The number of nitrogens with zero attached hydrogens (tertiary/aromatic N) is 2. The molecule has 1 aromatic carbocycles. The number of nitrogens with one attached hydrogen (secondary N) is 2. The van der Waals surface area contributed by atoms with Crippen molar-refractivity contribution >= 4 is 35.0 Å². The molecule has 3 amide bonds. The van der Waals surface area contributed by atoms with Gasteiger partial charge in [-0.3, -0.25) is 10.1 Å². The summed E-state index contributed by atoms with van der Waals surface area (Å²) < 4.78 is 5.25. The zero-order valence-electron chi connectivity index (χ0n) is 13.4. The number of hydrogen-bond donors (Lipinski definition) is 2. The fourth-order valence-electron chi connectivity index (χ4n) is 2.39. The fraction of sp³-hybridized carbons (Fsp3) is 0.235. The molecule has 1 saturated heterocycles. The summed E-state index contributed by atoms with van der Waals surface area (Å²) in [6.45, 7) is 2.18. The van der Waals surface area contributed by atoms with Crippen molar-refractivity contribution in [3.05, 3.63) is 53.2 Å². The number of carbonyl (C=O) groups excluding carboxylic acids is 2. The number of hydrogen-bond acceptors (Lipinski definition) is 4. The van der Waals surface area contributed by atoms with E-state index in [1.54, 1.807) is 41.3 Å². The van der Waals surface area contributed by atoms with Gasteiger partial charge in [0.25, 0.3) is 5.91 Å². The smallest absolute Gasteiger partial charge is 0.324 e. The van der Waals surface area contributed by atoms with Crippen LogP contribution in [0.3, 0.4) is 0 Å². The van der Waals surface area contributed by atoms with Gasteiger partial charge in [0.2, 0.25) is 0 Å². The molecule has 8 heteroatoms. The third kappa shape index (κ3) is 4.68. The summed E-state index contributed by atoms with van der Waals surface area (Å²) in [5.41, 5.74) is 1.07. The Morgan fingerprint density at radius 2 is 1.80 bits per heavy atom. The van der Waals surface area contributed by atoms with Gasteiger partial charge in [-0.2, -0.15) is 0 Å². The molecular weight excluding hydrogens is 344 g/mol. The lowest BCUT2D eigenvalue weighted by molar-refractivity contribution is 0.0303. The molecule has 1 aromatic heterocycles. The second-order valence-corrected chi connectivity index (χ2v) is 5.86. The summed E-state index contributed by atoms with van der Waals surface area (Å²) in [6, 6.07) is 9.46. The highest BCUT2D eigenvalue weighted by molar-refractivity contribution is 6.30. The van der Waals surface area contributed by atoms with Crippen molar-refractivity contribution in [2.24, 2.45) is 0 Å². The fourth-order valence-corrected chi connectivity index (χ4v) is 2.52. The van der Waals surface area contributed by atoms with Crippen LogP contribution in [0.25, 0.3) is 0 Å². The number of rotatable bonds is 3. The average molecular weight is 361 g/mol. The Labute approximate surface area is 149 Å². The highest BCUT2D eigenvalue weighted by atomic mass is 35.5. The van der Waals surface area contributed by atoms with Gasteiger partial charge >= 0.3 is 6.03 Å². The third-order valence-corrected chi connectivity index (χ3v) is 3.90. The number of carbonyl (C=O) groups is 2. The number of morpholine rings is 1. The summed E-state index contributed by atoms with van der Waals surface area (Å²) >= 11 is 5.81. The molecule has 0 aliphatic carbocycles. The standard InChI is InChI=1S/C17H17ClN4O3/c18-13-1-3-14(4-2-13)20-17(24)21-15-11-12(5-6-19-15)16(23)22-7-9-25-10-8-22/h1-6,11H,7-10H2,(H2,19,20,21,24). The Hall–Kier alpha value is -2.64. The van der Waals surface area contributed by atoms with Crippen LogP contribution in [0, 0.1) is 0 Å². The van der Waals surface area contributed by atoms with Crippen molar-refractivity contribution in [3.8, 4) is 0 Å². The van der Waals surface area contributed by atoms with E-state index in [0.717, 1.165) is 0 Å². The van der Waals surface area contributed by atoms with Gasteiger partial charge in [-0.25, -0.2) is 9.78 Å². The van der Waals surface area contributed by atoms with Crippen molar-refractivity contribution in [1.82, 2.24) is 9.88 Å². The Morgan fingerprint density at radius 1 is 1.08 bits per heavy atom. The number of amides is 3. The molecule has 7 nitrogen and oxygen atoms in total. The lowest BCUT2D eigenvalue weighted by atomic mass is 10.2. The summed E-state index contributed by atoms with van der Waals surface area (Å²) in [4.78, 5) is 30.3. The minimum Gasteiger partial charge on any atom is -0.378 e. The zero-order valence-corrected chi connectivity index (χ0v) is 14.1. The van der Waals surface area contributed by atoms with Crippen LogP contribution in [0.1, 0.15) is 10.4 Å². The quantitative estimate of drug-likeness (QED) is 0.881. The number of urea groups is 1. The van der Waals surface area contributed by atoms with Gasteiger partial charge in [0.05, 0.1) is 13.2 Å². The highest BCUT2D eigenvalue weighted by Crippen LogP contribution is 2.15. The van der Waals surface area contributed by atoms with E-state index in [1.807, 2.05) is 0 Å². The molecule has 0 spiro atoms. The van der Waals surface area contributed by atoms with Crippen molar-refractivity contribution in [1.29, 1.82) is 0 Å². The highest BCUT2D eigenvalue weighted by Gasteiger charge is 2.19. The maximum absolute atomic E-state index is 12.5. The van der Waals surface area contributed by atoms with E-state index in [0.29, 0.717) is 48.4 Å². The van der Waals surface area contributed by atoms with E-state index >= 15 is 0 Å². The first kappa shape index (κ1) is 17.2. The van der Waals surface area contributed by atoms with E-state index in [9.17, 15) is 9.59 Å². The third-order valence-electron chi connectivity index (χ3n) is 3.65. The summed E-state index contributed by atoms with van der Waals surface area (Å²) in [7, 11) is 0. The minimum absolute atomic E-state index is 0.105. The van der Waals surface area contributed by atoms with Crippen LogP contribution in [0.2, 0.25) is 5.02 Å². The summed E-state index contributed by atoms with van der Waals surface area (Å²) in [6.07, 6.45) is 1.49. The Balaban J connectivity index is 1.63. The van der Waals surface area contributed by atoms with Crippen molar-refractivity contribution in [2.75, 3.05) is 36.9 Å². The number of benzene rings is 1. The first-order valence-corrected chi connectivity index (χ1v) is 8.16. The van der Waals surface area contributed by atoms with Crippen LogP contribution in [-0.2, 0) is 4.74 Å². The second-order valence-electron chi connectivity index (χ2n) is 5.42. The van der Waals surface area contributed by atoms with Gasteiger partial charge in [0, 0.05) is 35.6 Å². The van der Waals surface area contributed by atoms with Crippen LogP contribution in [-0.4, -0.2) is 48.1 Å². The lowest BCUT2D eigenvalue weighted by Gasteiger charge is -2.26. The van der Waals surface area contributed by atoms with Crippen LogP contribution in [0.5, 0.6) is 0 Å². The average Bonchev–Trinajstić information content (AvgIpc) is 2.64. The SMILES string of the molecule is O=C(Nc1ccc(Cl)cc1)Nc1cc(C(=O)N2CCOCC2)ccn1. The molecule has 2 aromatic rings. The largest absolute Gasteiger partial charge is 0.378 e. The van der Waals surface area contributed by atoms with Gasteiger partial charge in [-0.1, -0.05) is 11.6 Å². The van der Waals surface area contributed by atoms with Gasteiger partial charge in [0.15, 0.2) is 0 Å². The van der Waals surface area contributed by atoms with Crippen LogP contribution in [0.4, 0.5) is 16.3 Å². The summed E-state index contributed by atoms with van der Waals surface area (Å²) in [5.74, 6) is 0.192. The van der Waals surface area contributed by atoms with E-state index < -0.39 is 6.03 Å². The second kappa shape index (κ2) is 7.96. The van der Waals surface area contributed by atoms with Gasteiger partial charge in [-0.15, -0.1) is 0 Å². The lowest BCUT2D eigenvalue weighted by Crippen LogP contribution is -2.40. The number of halogens is 1. The predicted molar refractivity (Wildman–Crippen MR) is 95.1 cm³/mol. The molecule has 1 aliphatic rings. The summed E-state index contributed by atoms with van der Waals surface area (Å²) in [5, 5.41) is 5.87. The molecule has 1 aliphatic heterocycles. The number of anilines is 2. The van der Waals surface area contributed by atoms with Crippen LogP contribution < -0.4 is 10.6 Å². The molecule has 1 fully saturated rings. The molecule has 0 atom stereocenters. The van der Waals surface area contributed by atoms with Gasteiger partial charge in [-0.05, 0) is 36.4 Å². The van der Waals surface area contributed by atoms with Crippen molar-refractivity contribution < 1.29 is 14.3 Å². The number of pyridine rings is 1. The monoisotopic (exact) mass is 360 g/mol. The van der Waals surface area contributed by atoms with Crippen molar-refractivity contribution in [2.45, 2.75) is 0 Å². The number of aromatic nitrogens is 1. The normalized spacial score (nSPS) is 14.0. The van der Waals surface area contributed by atoms with E-state index in [1.165, 1.54) is 6.20 Å².